The van der Waals surface area contributed by atoms with E-state index in [1.165, 1.54) is 42.1 Å². The standard InChI is InChI=1S/C19H14N2O4S/c1-2-12-20-18(22)16(13-8-10-14(11-9-13)21(24)25)17(19(20)23)26-15-6-4-3-5-7-15/h2-11H,1,12H2. The molecule has 2 amide bonds. The lowest BCUT2D eigenvalue weighted by atomic mass is 10.1. The third kappa shape index (κ3) is 3.29. The van der Waals surface area contributed by atoms with Crippen molar-refractivity contribution in [2.45, 2.75) is 4.90 Å². The molecule has 0 spiro atoms. The smallest absolute Gasteiger partial charge is 0.269 e. The number of carbonyl (C=O) groups is 2. The van der Waals surface area contributed by atoms with E-state index in [1.54, 1.807) is 0 Å². The van der Waals surface area contributed by atoms with Gasteiger partial charge >= 0.3 is 0 Å². The number of benzene rings is 2. The van der Waals surface area contributed by atoms with E-state index < -0.39 is 16.7 Å². The van der Waals surface area contributed by atoms with Gasteiger partial charge in [-0.2, -0.15) is 0 Å². The van der Waals surface area contributed by atoms with Crippen LogP contribution in [0.15, 0.2) is 77.1 Å². The Hall–Kier alpha value is -3.19. The van der Waals surface area contributed by atoms with Crippen molar-refractivity contribution in [1.82, 2.24) is 4.90 Å². The van der Waals surface area contributed by atoms with Crippen LogP contribution in [0, 0.1) is 10.1 Å². The van der Waals surface area contributed by atoms with Crippen LogP contribution in [0.5, 0.6) is 0 Å². The lowest BCUT2D eigenvalue weighted by molar-refractivity contribution is -0.384. The minimum Gasteiger partial charge on any atom is -0.270 e. The molecule has 0 bridgehead atoms. The van der Waals surface area contributed by atoms with Gasteiger partial charge in [-0.05, 0) is 29.8 Å². The van der Waals surface area contributed by atoms with Gasteiger partial charge in [0.2, 0.25) is 0 Å². The first-order chi connectivity index (χ1) is 12.5. The van der Waals surface area contributed by atoms with Gasteiger partial charge in [0.25, 0.3) is 17.5 Å². The van der Waals surface area contributed by atoms with Gasteiger partial charge in [0.05, 0.1) is 15.4 Å². The summed E-state index contributed by atoms with van der Waals surface area (Å²) in [4.78, 5) is 38.1. The number of rotatable bonds is 6. The molecule has 0 atom stereocenters. The van der Waals surface area contributed by atoms with Gasteiger partial charge in [0.1, 0.15) is 0 Å². The van der Waals surface area contributed by atoms with Crippen molar-refractivity contribution in [3.8, 4) is 0 Å². The SMILES string of the molecule is C=CCN1C(=O)C(Sc2ccccc2)=C(c2ccc([N+](=O)[O-])cc2)C1=O. The molecule has 0 saturated heterocycles. The zero-order chi connectivity index (χ0) is 18.7. The summed E-state index contributed by atoms with van der Waals surface area (Å²) >= 11 is 1.21. The number of hydrogen-bond donors (Lipinski definition) is 0. The normalized spacial score (nSPS) is 14.1. The molecule has 0 aromatic heterocycles. The highest BCUT2D eigenvalue weighted by molar-refractivity contribution is 8.04. The largest absolute Gasteiger partial charge is 0.270 e. The number of amides is 2. The van der Waals surface area contributed by atoms with Crippen LogP contribution in [0.3, 0.4) is 0 Å². The van der Waals surface area contributed by atoms with Crippen molar-refractivity contribution in [3.05, 3.63) is 87.8 Å². The van der Waals surface area contributed by atoms with E-state index >= 15 is 0 Å². The van der Waals surface area contributed by atoms with Crippen LogP contribution in [0.1, 0.15) is 5.56 Å². The van der Waals surface area contributed by atoms with Crippen LogP contribution in [-0.2, 0) is 9.59 Å². The lowest BCUT2D eigenvalue weighted by Gasteiger charge is -2.11. The molecule has 7 heteroatoms. The minimum absolute atomic E-state index is 0.0775. The number of imide groups is 1. The van der Waals surface area contributed by atoms with E-state index in [1.807, 2.05) is 30.3 Å². The molecule has 0 N–H and O–H groups in total. The van der Waals surface area contributed by atoms with Gasteiger partial charge in [0, 0.05) is 23.6 Å². The summed E-state index contributed by atoms with van der Waals surface area (Å²) in [7, 11) is 0. The fraction of sp³-hybridized carbons (Fsp3) is 0.0526. The topological polar surface area (TPSA) is 80.5 Å². The second kappa shape index (κ2) is 7.37. The molecule has 3 rings (SSSR count). The first-order valence-electron chi connectivity index (χ1n) is 7.72. The van der Waals surface area contributed by atoms with Crippen molar-refractivity contribution in [2.24, 2.45) is 0 Å². The molecule has 1 aliphatic rings. The van der Waals surface area contributed by atoms with E-state index in [2.05, 4.69) is 6.58 Å². The van der Waals surface area contributed by atoms with E-state index in [9.17, 15) is 19.7 Å². The monoisotopic (exact) mass is 366 g/mol. The highest BCUT2D eigenvalue weighted by Crippen LogP contribution is 2.39. The minimum atomic E-state index is -0.510. The summed E-state index contributed by atoms with van der Waals surface area (Å²) < 4.78 is 0. The Labute approximate surface area is 154 Å². The number of nitro benzene ring substituents is 1. The fourth-order valence-corrected chi connectivity index (χ4v) is 3.59. The van der Waals surface area contributed by atoms with E-state index in [4.69, 9.17) is 0 Å². The second-order valence-corrected chi connectivity index (χ2v) is 6.52. The first-order valence-corrected chi connectivity index (χ1v) is 8.53. The molecule has 0 saturated carbocycles. The van der Waals surface area contributed by atoms with Crippen molar-refractivity contribution >= 4 is 34.8 Å². The van der Waals surface area contributed by atoms with E-state index in [0.717, 1.165) is 9.80 Å². The number of nitrogens with zero attached hydrogens (tertiary/aromatic N) is 2. The van der Waals surface area contributed by atoms with Crippen molar-refractivity contribution < 1.29 is 14.5 Å². The molecule has 0 aliphatic carbocycles. The Morgan fingerprint density at radius 2 is 1.69 bits per heavy atom. The zero-order valence-corrected chi connectivity index (χ0v) is 14.4. The maximum Gasteiger partial charge on any atom is 0.269 e. The van der Waals surface area contributed by atoms with Crippen molar-refractivity contribution in [3.63, 3.8) is 0 Å². The Morgan fingerprint density at radius 3 is 2.27 bits per heavy atom. The highest BCUT2D eigenvalue weighted by Gasteiger charge is 2.38. The average molecular weight is 366 g/mol. The Morgan fingerprint density at radius 1 is 1.04 bits per heavy atom. The molecule has 0 radical (unpaired) electrons. The summed E-state index contributed by atoms with van der Waals surface area (Å²) in [5.74, 6) is -0.820. The fourth-order valence-electron chi connectivity index (χ4n) is 2.55. The third-order valence-electron chi connectivity index (χ3n) is 3.77. The predicted molar refractivity (Wildman–Crippen MR) is 99.2 cm³/mol. The third-order valence-corrected chi connectivity index (χ3v) is 4.86. The van der Waals surface area contributed by atoms with Crippen LogP contribution in [-0.4, -0.2) is 28.2 Å². The molecule has 130 valence electrons. The molecule has 2 aromatic rings. The van der Waals surface area contributed by atoms with Gasteiger partial charge in [0.15, 0.2) is 0 Å². The Bertz CT molecular complexity index is 920. The molecule has 6 nitrogen and oxygen atoms in total. The molecule has 26 heavy (non-hydrogen) atoms. The summed E-state index contributed by atoms with van der Waals surface area (Å²) in [5.41, 5.74) is 0.644. The summed E-state index contributed by atoms with van der Waals surface area (Å²) in [6, 6.07) is 14.9. The van der Waals surface area contributed by atoms with Crippen LogP contribution >= 0.6 is 11.8 Å². The number of carbonyl (C=O) groups excluding carboxylic acids is 2. The van der Waals surface area contributed by atoms with Crippen LogP contribution in [0.4, 0.5) is 5.69 Å². The number of non-ortho nitro benzene ring substituents is 1. The lowest BCUT2D eigenvalue weighted by Crippen LogP contribution is -2.31. The second-order valence-electron chi connectivity index (χ2n) is 5.43. The van der Waals surface area contributed by atoms with E-state index in [0.29, 0.717) is 10.5 Å². The van der Waals surface area contributed by atoms with Gasteiger partial charge in [-0.25, -0.2) is 0 Å². The summed E-state index contributed by atoms with van der Waals surface area (Å²) in [6.07, 6.45) is 1.49. The van der Waals surface area contributed by atoms with Gasteiger partial charge in [-0.1, -0.05) is 36.0 Å². The summed E-state index contributed by atoms with van der Waals surface area (Å²) in [6.45, 7) is 3.69. The van der Waals surface area contributed by atoms with E-state index in [-0.39, 0.29) is 17.8 Å². The average Bonchev–Trinajstić information content (AvgIpc) is 2.87. The maximum absolute atomic E-state index is 12.8. The zero-order valence-electron chi connectivity index (χ0n) is 13.6. The number of nitro groups is 1. The number of hydrogen-bond acceptors (Lipinski definition) is 5. The molecular formula is C19H14N2O4S. The van der Waals surface area contributed by atoms with Crippen LogP contribution in [0.25, 0.3) is 5.57 Å². The molecule has 2 aromatic carbocycles. The Balaban J connectivity index is 2.07. The van der Waals surface area contributed by atoms with Gasteiger partial charge in [-0.15, -0.1) is 6.58 Å². The first kappa shape index (κ1) is 17.6. The highest BCUT2D eigenvalue weighted by atomic mass is 32.2. The summed E-state index contributed by atoms with van der Waals surface area (Å²) in [5, 5.41) is 10.8. The molecule has 1 heterocycles. The molecule has 0 fully saturated rings. The molecular weight excluding hydrogens is 352 g/mol. The van der Waals surface area contributed by atoms with Gasteiger partial charge < -0.3 is 0 Å². The Kier molecular flexibility index (Phi) is 4.99. The molecule has 0 unspecified atom stereocenters. The quantitative estimate of drug-likeness (QED) is 0.337. The maximum atomic E-state index is 12.8. The van der Waals surface area contributed by atoms with Crippen LogP contribution < -0.4 is 0 Å². The van der Waals surface area contributed by atoms with Crippen LogP contribution in [0.2, 0.25) is 0 Å². The van der Waals surface area contributed by atoms with Crippen molar-refractivity contribution in [2.75, 3.05) is 6.54 Å². The number of thioether (sulfide) groups is 1. The molecule has 1 aliphatic heterocycles. The van der Waals surface area contributed by atoms with Gasteiger partial charge in [-0.3, -0.25) is 24.6 Å². The van der Waals surface area contributed by atoms with Crippen molar-refractivity contribution in [1.29, 1.82) is 0 Å². The predicted octanol–water partition coefficient (Wildman–Crippen LogP) is 3.65.